The number of para-hydroxylation sites is 1. The Morgan fingerprint density at radius 3 is 2.32 bits per heavy atom. The third-order valence-electron chi connectivity index (χ3n) is 4.75. The average molecular weight is 484 g/mol. The van der Waals surface area contributed by atoms with Gasteiger partial charge in [-0.25, -0.2) is 13.8 Å². The van der Waals surface area contributed by atoms with E-state index < -0.39 is 22.0 Å². The SMILES string of the molecule is COc1cc(/C=N\NC(=O)[C@@H](C)N(c2ccc(Oc3ccccc3)cc2)S(C)(=O)=O)ccc1O. The van der Waals surface area contributed by atoms with Crippen molar-refractivity contribution in [3.63, 3.8) is 0 Å². The molecule has 0 radical (unpaired) electrons. The van der Waals surface area contributed by atoms with Crippen LogP contribution >= 0.6 is 0 Å². The number of hydrogen-bond acceptors (Lipinski definition) is 7. The lowest BCUT2D eigenvalue weighted by Crippen LogP contribution is -2.46. The molecular formula is C24H25N3O6S. The fraction of sp³-hybridized carbons (Fsp3) is 0.167. The quantitative estimate of drug-likeness (QED) is 0.355. The summed E-state index contributed by atoms with van der Waals surface area (Å²) in [5, 5.41) is 13.5. The highest BCUT2D eigenvalue weighted by molar-refractivity contribution is 7.92. The number of hydrazone groups is 1. The molecule has 0 aliphatic heterocycles. The summed E-state index contributed by atoms with van der Waals surface area (Å²) in [7, 11) is -2.37. The summed E-state index contributed by atoms with van der Waals surface area (Å²) in [4.78, 5) is 12.7. The van der Waals surface area contributed by atoms with Crippen LogP contribution in [-0.2, 0) is 14.8 Å². The van der Waals surface area contributed by atoms with Gasteiger partial charge >= 0.3 is 0 Å². The third kappa shape index (κ3) is 6.26. The van der Waals surface area contributed by atoms with Crippen LogP contribution in [-0.4, -0.2) is 45.1 Å². The molecule has 2 N–H and O–H groups in total. The van der Waals surface area contributed by atoms with Crippen molar-refractivity contribution in [3.8, 4) is 23.0 Å². The zero-order valence-corrected chi connectivity index (χ0v) is 19.7. The Kier molecular flexibility index (Phi) is 7.75. The van der Waals surface area contributed by atoms with Crippen LogP contribution in [0.2, 0.25) is 0 Å². The van der Waals surface area contributed by atoms with Crippen LogP contribution in [0.1, 0.15) is 12.5 Å². The van der Waals surface area contributed by atoms with Gasteiger partial charge < -0.3 is 14.6 Å². The topological polar surface area (TPSA) is 118 Å². The molecule has 0 saturated carbocycles. The second-order valence-electron chi connectivity index (χ2n) is 7.31. The Morgan fingerprint density at radius 1 is 1.06 bits per heavy atom. The molecule has 0 aromatic heterocycles. The number of ether oxygens (including phenoxy) is 2. The van der Waals surface area contributed by atoms with E-state index >= 15 is 0 Å². The normalized spacial score (nSPS) is 12.2. The van der Waals surface area contributed by atoms with Gasteiger partial charge in [-0.05, 0) is 67.1 Å². The molecule has 178 valence electrons. The Labute approximate surface area is 198 Å². The van der Waals surface area contributed by atoms with E-state index in [1.54, 1.807) is 42.5 Å². The predicted molar refractivity (Wildman–Crippen MR) is 130 cm³/mol. The standard InChI is InChI=1S/C24H25N3O6S/c1-17(24(29)26-25-16-18-9-14-22(28)23(15-18)32-2)27(34(3,30)31)19-10-12-21(13-11-19)33-20-7-5-4-6-8-20/h4-17,28H,1-3H3,(H,26,29)/b25-16-/t17-/m1/s1. The molecule has 0 aliphatic carbocycles. The second kappa shape index (κ2) is 10.7. The number of phenols is 1. The number of rotatable bonds is 9. The van der Waals surface area contributed by atoms with Crippen LogP contribution in [0.15, 0.2) is 77.9 Å². The summed E-state index contributed by atoms with van der Waals surface area (Å²) in [6.07, 6.45) is 2.38. The van der Waals surface area contributed by atoms with E-state index in [2.05, 4.69) is 10.5 Å². The Hall–Kier alpha value is -4.05. The van der Waals surface area contributed by atoms with Crippen LogP contribution in [0.25, 0.3) is 0 Å². The molecule has 0 aliphatic rings. The minimum atomic E-state index is -3.79. The fourth-order valence-corrected chi connectivity index (χ4v) is 4.31. The van der Waals surface area contributed by atoms with Crippen molar-refractivity contribution in [1.29, 1.82) is 0 Å². The highest BCUT2D eigenvalue weighted by Crippen LogP contribution is 2.27. The largest absolute Gasteiger partial charge is 0.504 e. The van der Waals surface area contributed by atoms with Crippen molar-refractivity contribution >= 4 is 27.8 Å². The van der Waals surface area contributed by atoms with E-state index in [1.165, 1.54) is 32.4 Å². The second-order valence-corrected chi connectivity index (χ2v) is 9.17. The lowest BCUT2D eigenvalue weighted by molar-refractivity contribution is -0.121. The molecule has 9 nitrogen and oxygen atoms in total. The van der Waals surface area contributed by atoms with Gasteiger partial charge in [0.1, 0.15) is 17.5 Å². The molecule has 0 spiro atoms. The van der Waals surface area contributed by atoms with Gasteiger partial charge in [0.05, 0.1) is 25.3 Å². The Bertz CT molecular complexity index is 1260. The first kappa shape index (κ1) is 24.6. The van der Waals surface area contributed by atoms with E-state index in [4.69, 9.17) is 9.47 Å². The summed E-state index contributed by atoms with van der Waals surface area (Å²) in [5.41, 5.74) is 3.22. The van der Waals surface area contributed by atoms with Gasteiger partial charge in [0, 0.05) is 0 Å². The summed E-state index contributed by atoms with van der Waals surface area (Å²) in [6.45, 7) is 1.46. The number of sulfonamides is 1. The van der Waals surface area contributed by atoms with E-state index in [0.29, 0.717) is 22.7 Å². The number of aromatic hydroxyl groups is 1. The zero-order chi connectivity index (χ0) is 24.7. The lowest BCUT2D eigenvalue weighted by atomic mass is 10.2. The number of anilines is 1. The molecule has 34 heavy (non-hydrogen) atoms. The van der Waals surface area contributed by atoms with Crippen molar-refractivity contribution in [2.45, 2.75) is 13.0 Å². The van der Waals surface area contributed by atoms with E-state index in [9.17, 15) is 18.3 Å². The van der Waals surface area contributed by atoms with Crippen molar-refractivity contribution in [2.24, 2.45) is 5.10 Å². The average Bonchev–Trinajstić information content (AvgIpc) is 2.81. The number of methoxy groups -OCH3 is 1. The zero-order valence-electron chi connectivity index (χ0n) is 18.9. The van der Waals surface area contributed by atoms with Gasteiger partial charge in [-0.3, -0.25) is 9.10 Å². The van der Waals surface area contributed by atoms with E-state index in [1.807, 2.05) is 18.2 Å². The summed E-state index contributed by atoms with van der Waals surface area (Å²) in [5.74, 6) is 0.770. The molecule has 1 atom stereocenters. The molecule has 0 bridgehead atoms. The van der Waals surface area contributed by atoms with Gasteiger partial charge in [-0.1, -0.05) is 18.2 Å². The maximum atomic E-state index is 12.7. The van der Waals surface area contributed by atoms with Crippen LogP contribution in [0.4, 0.5) is 5.69 Å². The molecular weight excluding hydrogens is 458 g/mol. The van der Waals surface area contributed by atoms with E-state index in [0.717, 1.165) is 10.6 Å². The summed E-state index contributed by atoms with van der Waals surface area (Å²) < 4.78 is 36.8. The number of phenolic OH excluding ortho intramolecular Hbond substituents is 1. The number of carbonyl (C=O) groups is 1. The highest BCUT2D eigenvalue weighted by Gasteiger charge is 2.29. The first-order chi connectivity index (χ1) is 16.2. The highest BCUT2D eigenvalue weighted by atomic mass is 32.2. The van der Waals surface area contributed by atoms with Crippen LogP contribution in [0.3, 0.4) is 0 Å². The van der Waals surface area contributed by atoms with Gasteiger partial charge in [0.25, 0.3) is 5.91 Å². The molecule has 0 fully saturated rings. The third-order valence-corrected chi connectivity index (χ3v) is 5.99. The van der Waals surface area contributed by atoms with Crippen molar-refractivity contribution in [1.82, 2.24) is 5.43 Å². The maximum Gasteiger partial charge on any atom is 0.263 e. The minimum absolute atomic E-state index is 0.0266. The smallest absolute Gasteiger partial charge is 0.263 e. The number of amides is 1. The molecule has 3 aromatic carbocycles. The van der Waals surface area contributed by atoms with Crippen LogP contribution in [0, 0.1) is 0 Å². The van der Waals surface area contributed by atoms with Crippen LogP contribution in [0.5, 0.6) is 23.0 Å². The molecule has 0 saturated heterocycles. The fourth-order valence-electron chi connectivity index (χ4n) is 3.13. The molecule has 3 aromatic rings. The Balaban J connectivity index is 1.72. The summed E-state index contributed by atoms with van der Waals surface area (Å²) in [6, 6.07) is 19.0. The molecule has 0 unspecified atom stereocenters. The Morgan fingerprint density at radius 2 is 1.71 bits per heavy atom. The maximum absolute atomic E-state index is 12.7. The molecule has 3 rings (SSSR count). The molecule has 1 amide bonds. The lowest BCUT2D eigenvalue weighted by Gasteiger charge is -2.27. The van der Waals surface area contributed by atoms with Gasteiger partial charge in [0.15, 0.2) is 11.5 Å². The summed E-state index contributed by atoms with van der Waals surface area (Å²) >= 11 is 0. The molecule has 0 heterocycles. The van der Waals surface area contributed by atoms with Crippen molar-refractivity contribution < 1.29 is 27.8 Å². The van der Waals surface area contributed by atoms with Gasteiger partial charge in [-0.2, -0.15) is 5.10 Å². The predicted octanol–water partition coefficient (Wildman–Crippen LogP) is 3.50. The monoisotopic (exact) mass is 483 g/mol. The van der Waals surface area contributed by atoms with Gasteiger partial charge in [-0.15, -0.1) is 0 Å². The van der Waals surface area contributed by atoms with Crippen molar-refractivity contribution in [3.05, 3.63) is 78.4 Å². The number of carbonyl (C=O) groups excluding carboxylic acids is 1. The van der Waals surface area contributed by atoms with Crippen LogP contribution < -0.4 is 19.2 Å². The first-order valence-corrected chi connectivity index (χ1v) is 12.1. The molecule has 10 heteroatoms. The minimum Gasteiger partial charge on any atom is -0.504 e. The van der Waals surface area contributed by atoms with E-state index in [-0.39, 0.29) is 11.5 Å². The van der Waals surface area contributed by atoms with Gasteiger partial charge in [0.2, 0.25) is 10.0 Å². The first-order valence-electron chi connectivity index (χ1n) is 10.2. The number of hydrogen-bond donors (Lipinski definition) is 2. The number of nitrogens with one attached hydrogen (secondary N) is 1. The van der Waals surface area contributed by atoms with Crippen molar-refractivity contribution in [2.75, 3.05) is 17.7 Å². The number of benzene rings is 3. The number of nitrogens with zero attached hydrogens (tertiary/aromatic N) is 2.